The normalized spacial score (nSPS) is 14.4. The maximum Gasteiger partial charge on any atom is 0.261 e. The van der Waals surface area contributed by atoms with E-state index in [0.29, 0.717) is 16.9 Å². The number of rotatable bonds is 5. The third-order valence-electron chi connectivity index (χ3n) is 5.77. The second-order valence-electron chi connectivity index (χ2n) is 8.14. The lowest BCUT2D eigenvalue weighted by Crippen LogP contribution is -2.55. The molecule has 4 rings (SSSR count). The number of ketones is 1. The molecule has 0 aromatic heterocycles. The SMILES string of the molecule is CC1=C(c2ccccc2)C(=O)N(C(C)(C)C(=O)c2ccc(-c3ccccc3)cc2)CO1. The highest BCUT2D eigenvalue weighted by atomic mass is 16.5. The molecule has 1 aliphatic heterocycles. The highest BCUT2D eigenvalue weighted by Gasteiger charge is 2.42. The molecule has 0 aliphatic carbocycles. The van der Waals surface area contributed by atoms with Crippen molar-refractivity contribution in [2.45, 2.75) is 26.3 Å². The van der Waals surface area contributed by atoms with Crippen LogP contribution in [-0.4, -0.2) is 28.9 Å². The Labute approximate surface area is 182 Å². The molecular weight excluding hydrogens is 386 g/mol. The van der Waals surface area contributed by atoms with Crippen molar-refractivity contribution in [1.29, 1.82) is 0 Å². The number of amides is 1. The van der Waals surface area contributed by atoms with Crippen LogP contribution in [0.2, 0.25) is 0 Å². The van der Waals surface area contributed by atoms with Gasteiger partial charge in [0.15, 0.2) is 12.5 Å². The lowest BCUT2D eigenvalue weighted by molar-refractivity contribution is -0.136. The number of nitrogens with zero attached hydrogens (tertiary/aromatic N) is 1. The number of hydrogen-bond acceptors (Lipinski definition) is 3. The van der Waals surface area contributed by atoms with Crippen molar-refractivity contribution in [2.24, 2.45) is 0 Å². The molecule has 3 aromatic rings. The third-order valence-corrected chi connectivity index (χ3v) is 5.77. The average Bonchev–Trinajstić information content (AvgIpc) is 2.80. The van der Waals surface area contributed by atoms with E-state index >= 15 is 0 Å². The van der Waals surface area contributed by atoms with Gasteiger partial charge in [-0.15, -0.1) is 0 Å². The molecule has 0 saturated carbocycles. The zero-order chi connectivity index (χ0) is 22.0. The van der Waals surface area contributed by atoms with Gasteiger partial charge in [-0.25, -0.2) is 0 Å². The van der Waals surface area contributed by atoms with E-state index in [1.165, 1.54) is 4.90 Å². The fourth-order valence-electron chi connectivity index (χ4n) is 3.84. The standard InChI is InChI=1S/C27H25NO3/c1-19-24(22-12-8-5-9-13-22)26(30)28(18-31-19)27(2,3)25(29)23-16-14-21(15-17-23)20-10-6-4-7-11-20/h4-17H,18H2,1-3H3. The quantitative estimate of drug-likeness (QED) is 0.516. The summed E-state index contributed by atoms with van der Waals surface area (Å²) in [6, 6.07) is 26.9. The summed E-state index contributed by atoms with van der Waals surface area (Å²) in [6.45, 7) is 5.37. The van der Waals surface area contributed by atoms with Crippen molar-refractivity contribution in [1.82, 2.24) is 4.90 Å². The van der Waals surface area contributed by atoms with Crippen LogP contribution in [0.3, 0.4) is 0 Å². The Morgan fingerprint density at radius 1 is 0.806 bits per heavy atom. The van der Waals surface area contributed by atoms with E-state index in [-0.39, 0.29) is 18.4 Å². The number of benzene rings is 3. The lowest BCUT2D eigenvalue weighted by atomic mass is 9.89. The van der Waals surface area contributed by atoms with Crippen LogP contribution in [0.4, 0.5) is 0 Å². The molecule has 0 fully saturated rings. The van der Waals surface area contributed by atoms with E-state index in [1.807, 2.05) is 84.9 Å². The fourth-order valence-corrected chi connectivity index (χ4v) is 3.84. The lowest BCUT2D eigenvalue weighted by Gasteiger charge is -2.40. The Hall–Kier alpha value is -3.66. The summed E-state index contributed by atoms with van der Waals surface area (Å²) in [5.74, 6) is 0.244. The molecule has 0 spiro atoms. The van der Waals surface area contributed by atoms with Crippen LogP contribution in [0, 0.1) is 0 Å². The van der Waals surface area contributed by atoms with E-state index in [0.717, 1.165) is 16.7 Å². The Kier molecular flexibility index (Phi) is 5.47. The van der Waals surface area contributed by atoms with Gasteiger partial charge in [0.1, 0.15) is 11.3 Å². The number of Topliss-reactive ketones (excluding diaryl/α,β-unsaturated/α-hetero) is 1. The highest BCUT2D eigenvalue weighted by molar-refractivity contribution is 6.22. The Morgan fingerprint density at radius 2 is 1.32 bits per heavy atom. The first-order chi connectivity index (χ1) is 14.9. The number of allylic oxidation sites excluding steroid dienone is 1. The molecule has 4 heteroatoms. The van der Waals surface area contributed by atoms with Crippen molar-refractivity contribution in [3.8, 4) is 11.1 Å². The minimum Gasteiger partial charge on any atom is -0.477 e. The van der Waals surface area contributed by atoms with Gasteiger partial charge in [0, 0.05) is 5.56 Å². The maximum absolute atomic E-state index is 13.4. The summed E-state index contributed by atoms with van der Waals surface area (Å²) < 4.78 is 5.81. The predicted octanol–water partition coefficient (Wildman–Crippen LogP) is 5.56. The first-order valence-corrected chi connectivity index (χ1v) is 10.3. The monoisotopic (exact) mass is 411 g/mol. The van der Waals surface area contributed by atoms with Gasteiger partial charge >= 0.3 is 0 Å². The maximum atomic E-state index is 13.4. The molecule has 0 N–H and O–H groups in total. The van der Waals surface area contributed by atoms with E-state index in [4.69, 9.17) is 4.74 Å². The van der Waals surface area contributed by atoms with Gasteiger partial charge in [0.25, 0.3) is 5.91 Å². The predicted molar refractivity (Wildman–Crippen MR) is 122 cm³/mol. The summed E-state index contributed by atoms with van der Waals surface area (Å²) >= 11 is 0. The van der Waals surface area contributed by atoms with Crippen LogP contribution in [0.15, 0.2) is 90.7 Å². The first-order valence-electron chi connectivity index (χ1n) is 10.3. The smallest absolute Gasteiger partial charge is 0.261 e. The van der Waals surface area contributed by atoms with Crippen LogP contribution in [0.5, 0.6) is 0 Å². The molecule has 31 heavy (non-hydrogen) atoms. The van der Waals surface area contributed by atoms with Gasteiger partial charge < -0.3 is 4.74 Å². The van der Waals surface area contributed by atoms with Crippen LogP contribution in [0.25, 0.3) is 16.7 Å². The van der Waals surface area contributed by atoms with Crippen LogP contribution in [0.1, 0.15) is 36.7 Å². The molecule has 156 valence electrons. The largest absolute Gasteiger partial charge is 0.477 e. The van der Waals surface area contributed by atoms with E-state index in [1.54, 1.807) is 20.8 Å². The van der Waals surface area contributed by atoms with Crippen molar-refractivity contribution >= 4 is 17.3 Å². The first kappa shape index (κ1) is 20.6. The Morgan fingerprint density at radius 3 is 1.90 bits per heavy atom. The van der Waals surface area contributed by atoms with E-state index < -0.39 is 5.54 Å². The fraction of sp³-hybridized carbons (Fsp3) is 0.185. The van der Waals surface area contributed by atoms with Crippen LogP contribution >= 0.6 is 0 Å². The molecule has 3 aromatic carbocycles. The summed E-state index contributed by atoms with van der Waals surface area (Å²) in [4.78, 5) is 28.3. The van der Waals surface area contributed by atoms with E-state index in [2.05, 4.69) is 0 Å². The molecular formula is C27H25NO3. The minimum atomic E-state index is -1.06. The van der Waals surface area contributed by atoms with Gasteiger partial charge in [0.2, 0.25) is 0 Å². The highest BCUT2D eigenvalue weighted by Crippen LogP contribution is 2.32. The van der Waals surface area contributed by atoms with Crippen LogP contribution < -0.4 is 0 Å². The molecule has 0 bridgehead atoms. The summed E-state index contributed by atoms with van der Waals surface area (Å²) in [5, 5.41) is 0. The molecule has 1 heterocycles. The van der Waals surface area contributed by atoms with Gasteiger partial charge in [-0.1, -0.05) is 84.9 Å². The molecule has 4 nitrogen and oxygen atoms in total. The van der Waals surface area contributed by atoms with Gasteiger partial charge in [-0.3, -0.25) is 14.5 Å². The number of hydrogen-bond donors (Lipinski definition) is 0. The van der Waals surface area contributed by atoms with Gasteiger partial charge in [-0.05, 0) is 37.5 Å². The molecule has 0 unspecified atom stereocenters. The average molecular weight is 412 g/mol. The Bertz CT molecular complexity index is 1130. The topological polar surface area (TPSA) is 46.6 Å². The second-order valence-corrected chi connectivity index (χ2v) is 8.14. The van der Waals surface area contributed by atoms with E-state index in [9.17, 15) is 9.59 Å². The molecule has 1 aliphatic rings. The molecule has 0 atom stereocenters. The van der Waals surface area contributed by atoms with Crippen molar-refractivity contribution in [3.05, 3.63) is 102 Å². The van der Waals surface area contributed by atoms with Gasteiger partial charge in [0.05, 0.1) is 5.57 Å². The van der Waals surface area contributed by atoms with Crippen LogP contribution in [-0.2, 0) is 9.53 Å². The van der Waals surface area contributed by atoms with Crippen molar-refractivity contribution in [3.63, 3.8) is 0 Å². The summed E-state index contributed by atoms with van der Waals surface area (Å²) in [6.07, 6.45) is 0. The third kappa shape index (κ3) is 3.89. The Balaban J connectivity index is 1.61. The minimum absolute atomic E-state index is 0.0435. The van der Waals surface area contributed by atoms with Crippen molar-refractivity contribution in [2.75, 3.05) is 6.73 Å². The molecule has 0 radical (unpaired) electrons. The zero-order valence-corrected chi connectivity index (χ0v) is 18.0. The molecule has 1 amide bonds. The summed E-state index contributed by atoms with van der Waals surface area (Å²) in [5.41, 5.74) is 2.90. The number of carbonyl (C=O) groups is 2. The summed E-state index contributed by atoms with van der Waals surface area (Å²) in [7, 11) is 0. The number of ether oxygens (including phenoxy) is 1. The zero-order valence-electron chi connectivity index (χ0n) is 18.0. The van der Waals surface area contributed by atoms with Gasteiger partial charge in [-0.2, -0.15) is 0 Å². The molecule has 0 saturated heterocycles. The number of carbonyl (C=O) groups excluding carboxylic acids is 2. The second kappa shape index (κ2) is 8.23. The van der Waals surface area contributed by atoms with Crippen molar-refractivity contribution < 1.29 is 14.3 Å².